The monoisotopic (exact) mass is 316 g/mol. The number of aromatic nitrogens is 2. The van der Waals surface area contributed by atoms with Crippen molar-refractivity contribution in [2.45, 2.75) is 50.5 Å². The SMILES string of the molecule is O[C@H](Cc1c2c(c3cncn13)=CC=C[C@H]2F)[C@H]1CC[C@H](O)CC1. The van der Waals surface area contributed by atoms with Crippen LogP contribution >= 0.6 is 0 Å². The van der Waals surface area contributed by atoms with Crippen LogP contribution in [0.4, 0.5) is 4.39 Å². The Morgan fingerprint density at radius 1 is 1.30 bits per heavy atom. The number of alkyl halides is 1. The summed E-state index contributed by atoms with van der Waals surface area (Å²) in [4.78, 5) is 4.17. The number of aliphatic hydroxyl groups excluding tert-OH is 2. The Hall–Kier alpha value is -1.72. The maximum Gasteiger partial charge on any atom is 0.146 e. The Kier molecular flexibility index (Phi) is 3.70. The first-order valence-corrected chi connectivity index (χ1v) is 8.30. The largest absolute Gasteiger partial charge is 0.393 e. The minimum absolute atomic E-state index is 0.170. The van der Waals surface area contributed by atoms with Crippen molar-refractivity contribution in [1.82, 2.24) is 9.38 Å². The first-order valence-electron chi connectivity index (χ1n) is 8.30. The fraction of sp³-hybridized carbons (Fsp3) is 0.500. The summed E-state index contributed by atoms with van der Waals surface area (Å²) in [5, 5.41) is 21.1. The highest BCUT2D eigenvalue weighted by atomic mass is 19.1. The van der Waals surface area contributed by atoms with Crippen LogP contribution in [0.3, 0.4) is 0 Å². The zero-order chi connectivity index (χ0) is 16.0. The number of fused-ring (bicyclic) bond motifs is 3. The normalized spacial score (nSPS) is 28.6. The Morgan fingerprint density at radius 3 is 2.87 bits per heavy atom. The van der Waals surface area contributed by atoms with E-state index in [1.54, 1.807) is 24.7 Å². The van der Waals surface area contributed by atoms with Crippen LogP contribution in [0.25, 0.3) is 11.6 Å². The molecule has 1 saturated carbocycles. The third-order valence-corrected chi connectivity index (χ3v) is 5.31. The molecule has 4 rings (SSSR count). The van der Waals surface area contributed by atoms with E-state index < -0.39 is 12.3 Å². The zero-order valence-electron chi connectivity index (χ0n) is 12.9. The molecule has 2 heterocycles. The van der Waals surface area contributed by atoms with Gasteiger partial charge in [0.05, 0.1) is 30.2 Å². The van der Waals surface area contributed by atoms with E-state index in [-0.39, 0.29) is 12.0 Å². The maximum atomic E-state index is 14.4. The summed E-state index contributed by atoms with van der Waals surface area (Å²) in [7, 11) is 0. The van der Waals surface area contributed by atoms with E-state index >= 15 is 0 Å². The van der Waals surface area contributed by atoms with Crippen LogP contribution < -0.4 is 5.22 Å². The Morgan fingerprint density at radius 2 is 2.09 bits per heavy atom. The van der Waals surface area contributed by atoms with E-state index in [0.717, 1.165) is 42.1 Å². The van der Waals surface area contributed by atoms with Crippen molar-refractivity contribution in [1.29, 1.82) is 0 Å². The molecule has 2 atom stereocenters. The molecule has 2 aromatic rings. The average Bonchev–Trinajstić information content (AvgIpc) is 3.12. The first-order chi connectivity index (χ1) is 11.1. The van der Waals surface area contributed by atoms with Gasteiger partial charge in [-0.25, -0.2) is 9.37 Å². The fourth-order valence-corrected chi connectivity index (χ4v) is 4.02. The van der Waals surface area contributed by atoms with Crippen LogP contribution in [-0.4, -0.2) is 31.8 Å². The molecule has 0 spiro atoms. The van der Waals surface area contributed by atoms with Gasteiger partial charge in [-0.1, -0.05) is 12.2 Å². The summed E-state index contributed by atoms with van der Waals surface area (Å²) in [6, 6.07) is 0. The van der Waals surface area contributed by atoms with Crippen LogP contribution in [-0.2, 0) is 6.42 Å². The molecule has 2 aliphatic carbocycles. The fourth-order valence-electron chi connectivity index (χ4n) is 4.02. The van der Waals surface area contributed by atoms with Crippen molar-refractivity contribution in [2.24, 2.45) is 5.92 Å². The predicted octanol–water partition coefficient (Wildman–Crippen LogP) is 1.87. The molecule has 23 heavy (non-hydrogen) atoms. The number of nitrogens with zero attached hydrogens (tertiary/aromatic N) is 2. The molecule has 2 aliphatic rings. The van der Waals surface area contributed by atoms with E-state index in [1.807, 2.05) is 10.5 Å². The summed E-state index contributed by atoms with van der Waals surface area (Å²) in [6.45, 7) is 0. The summed E-state index contributed by atoms with van der Waals surface area (Å²) in [6.07, 6.45) is 10.3. The molecule has 122 valence electrons. The van der Waals surface area contributed by atoms with Gasteiger partial charge in [0.2, 0.25) is 0 Å². The molecule has 0 unspecified atom stereocenters. The Balaban J connectivity index is 1.67. The van der Waals surface area contributed by atoms with Gasteiger partial charge in [-0.2, -0.15) is 0 Å². The molecular formula is C18H21FN2O2. The minimum Gasteiger partial charge on any atom is -0.393 e. The van der Waals surface area contributed by atoms with Gasteiger partial charge in [-0.3, -0.25) is 0 Å². The van der Waals surface area contributed by atoms with Gasteiger partial charge in [0, 0.05) is 22.9 Å². The molecule has 0 aliphatic heterocycles. The van der Waals surface area contributed by atoms with Crippen LogP contribution in [0.15, 0.2) is 24.7 Å². The van der Waals surface area contributed by atoms with E-state index in [0.29, 0.717) is 12.0 Å². The van der Waals surface area contributed by atoms with Gasteiger partial charge < -0.3 is 14.6 Å². The van der Waals surface area contributed by atoms with E-state index in [2.05, 4.69) is 4.98 Å². The van der Waals surface area contributed by atoms with Gasteiger partial charge in [-0.05, 0) is 37.7 Å². The van der Waals surface area contributed by atoms with E-state index in [9.17, 15) is 14.6 Å². The second-order valence-corrected chi connectivity index (χ2v) is 6.72. The standard InChI is InChI=1S/C18H21FN2O2/c19-14-3-1-2-13-16-9-20-10-21(16)15(18(13)14)8-17(23)11-4-6-12(22)7-5-11/h1-3,9-12,14,17,22-23H,4-8H2/t11-,12-,14-,17-/m1/s1. The van der Waals surface area contributed by atoms with Crippen LogP contribution in [0.5, 0.6) is 0 Å². The van der Waals surface area contributed by atoms with Crippen LogP contribution in [0.2, 0.25) is 0 Å². The lowest BCUT2D eigenvalue weighted by Gasteiger charge is -2.29. The molecule has 0 bridgehead atoms. The zero-order valence-corrected chi connectivity index (χ0v) is 12.9. The van der Waals surface area contributed by atoms with Crippen molar-refractivity contribution in [2.75, 3.05) is 0 Å². The number of halogens is 1. The molecule has 4 nitrogen and oxygen atoms in total. The van der Waals surface area contributed by atoms with Gasteiger partial charge in [0.25, 0.3) is 0 Å². The summed E-state index contributed by atoms with van der Waals surface area (Å²) < 4.78 is 16.3. The average molecular weight is 316 g/mol. The van der Waals surface area contributed by atoms with Crippen molar-refractivity contribution >= 4 is 11.6 Å². The van der Waals surface area contributed by atoms with Gasteiger partial charge >= 0.3 is 0 Å². The number of rotatable bonds is 3. The lowest BCUT2D eigenvalue weighted by molar-refractivity contribution is 0.0416. The third-order valence-electron chi connectivity index (χ3n) is 5.31. The quantitative estimate of drug-likeness (QED) is 0.909. The second-order valence-electron chi connectivity index (χ2n) is 6.72. The lowest BCUT2D eigenvalue weighted by Crippen LogP contribution is -2.30. The van der Waals surface area contributed by atoms with Crippen molar-refractivity contribution in [3.63, 3.8) is 0 Å². The molecule has 0 aromatic carbocycles. The molecule has 5 heteroatoms. The molecule has 0 amide bonds. The molecular weight excluding hydrogens is 295 g/mol. The number of hydrogen-bond donors (Lipinski definition) is 2. The highest BCUT2D eigenvalue weighted by Gasteiger charge is 2.29. The maximum absolute atomic E-state index is 14.4. The molecule has 2 aromatic heterocycles. The molecule has 0 radical (unpaired) electrons. The second kappa shape index (κ2) is 5.73. The van der Waals surface area contributed by atoms with E-state index in [4.69, 9.17) is 0 Å². The van der Waals surface area contributed by atoms with Crippen molar-refractivity contribution in [3.8, 4) is 0 Å². The van der Waals surface area contributed by atoms with Crippen molar-refractivity contribution < 1.29 is 14.6 Å². The first kappa shape index (κ1) is 14.8. The molecule has 2 N–H and O–H groups in total. The Bertz CT molecular complexity index is 790. The molecule has 1 fully saturated rings. The van der Waals surface area contributed by atoms with Crippen LogP contribution in [0.1, 0.15) is 43.1 Å². The predicted molar refractivity (Wildman–Crippen MR) is 85.5 cm³/mol. The minimum atomic E-state index is -1.13. The van der Waals surface area contributed by atoms with Gasteiger partial charge in [-0.15, -0.1) is 0 Å². The highest BCUT2D eigenvalue weighted by molar-refractivity contribution is 5.63. The highest BCUT2D eigenvalue weighted by Crippen LogP contribution is 2.31. The summed E-state index contributed by atoms with van der Waals surface area (Å²) >= 11 is 0. The van der Waals surface area contributed by atoms with Gasteiger partial charge in [0.1, 0.15) is 6.17 Å². The Labute approximate surface area is 134 Å². The number of hydrogen-bond acceptors (Lipinski definition) is 3. The lowest BCUT2D eigenvalue weighted by atomic mass is 9.82. The van der Waals surface area contributed by atoms with Crippen molar-refractivity contribution in [3.05, 3.63) is 41.2 Å². The topological polar surface area (TPSA) is 57.8 Å². The number of allylic oxidation sites excluding steroid dienone is 2. The third kappa shape index (κ3) is 2.48. The van der Waals surface area contributed by atoms with E-state index in [1.165, 1.54) is 0 Å². The van der Waals surface area contributed by atoms with Gasteiger partial charge in [0.15, 0.2) is 0 Å². The number of aliphatic hydroxyl groups is 2. The summed E-state index contributed by atoms with van der Waals surface area (Å²) in [5.74, 6) is 0.170. The van der Waals surface area contributed by atoms with Crippen LogP contribution in [0, 0.1) is 5.92 Å². The smallest absolute Gasteiger partial charge is 0.146 e. The number of imidazole rings is 1. The summed E-state index contributed by atoms with van der Waals surface area (Å²) in [5.41, 5.74) is 2.38. The molecule has 0 saturated heterocycles.